The van der Waals surface area contributed by atoms with Crippen LogP contribution in [0.3, 0.4) is 0 Å². The first kappa shape index (κ1) is 12.5. The van der Waals surface area contributed by atoms with E-state index in [1.807, 2.05) is 36.4 Å². The van der Waals surface area contributed by atoms with Gasteiger partial charge in [-0.2, -0.15) is 0 Å². The average Bonchev–Trinajstić information content (AvgIpc) is 2.80. The van der Waals surface area contributed by atoms with Crippen molar-refractivity contribution in [1.82, 2.24) is 0 Å². The Morgan fingerprint density at radius 2 is 1.90 bits per heavy atom. The SMILES string of the molecule is CC(=N)Nc1ccc2oc(Cc3ccccc3)cc2c1. The van der Waals surface area contributed by atoms with Gasteiger partial charge in [-0.15, -0.1) is 0 Å². The van der Waals surface area contributed by atoms with Crippen LogP contribution in [0.1, 0.15) is 18.2 Å². The molecule has 0 amide bonds. The fourth-order valence-corrected chi connectivity index (χ4v) is 2.28. The summed E-state index contributed by atoms with van der Waals surface area (Å²) in [6, 6.07) is 18.2. The lowest BCUT2D eigenvalue weighted by atomic mass is 10.1. The number of rotatable bonds is 3. The third-order valence-corrected chi connectivity index (χ3v) is 3.12. The average molecular weight is 264 g/mol. The highest BCUT2D eigenvalue weighted by atomic mass is 16.3. The summed E-state index contributed by atoms with van der Waals surface area (Å²) in [7, 11) is 0. The number of hydrogen-bond donors (Lipinski definition) is 2. The Morgan fingerprint density at radius 3 is 2.65 bits per heavy atom. The predicted molar refractivity (Wildman–Crippen MR) is 82.5 cm³/mol. The van der Waals surface area contributed by atoms with Crippen LogP contribution in [0.15, 0.2) is 59.0 Å². The van der Waals surface area contributed by atoms with Gasteiger partial charge in [-0.05, 0) is 36.8 Å². The Kier molecular flexibility index (Phi) is 3.25. The standard InChI is InChI=1S/C17H16N2O/c1-12(18)19-15-7-8-17-14(10-15)11-16(20-17)9-13-5-3-2-4-6-13/h2-8,10-11H,9H2,1H3,(H2,18,19). The van der Waals surface area contributed by atoms with Crippen molar-refractivity contribution in [3.8, 4) is 0 Å². The van der Waals surface area contributed by atoms with E-state index in [0.717, 1.165) is 28.8 Å². The minimum atomic E-state index is 0.428. The fourth-order valence-electron chi connectivity index (χ4n) is 2.28. The van der Waals surface area contributed by atoms with Gasteiger partial charge in [-0.1, -0.05) is 30.3 Å². The highest BCUT2D eigenvalue weighted by molar-refractivity contribution is 5.93. The normalized spacial score (nSPS) is 10.7. The predicted octanol–water partition coefficient (Wildman–Crippen LogP) is 4.43. The van der Waals surface area contributed by atoms with Gasteiger partial charge in [-0.25, -0.2) is 0 Å². The number of anilines is 1. The molecule has 3 rings (SSSR count). The topological polar surface area (TPSA) is 49.0 Å². The van der Waals surface area contributed by atoms with E-state index in [9.17, 15) is 0 Å². The molecule has 0 spiro atoms. The number of benzene rings is 2. The fraction of sp³-hybridized carbons (Fsp3) is 0.118. The second kappa shape index (κ2) is 5.21. The number of furan rings is 1. The lowest BCUT2D eigenvalue weighted by molar-refractivity contribution is 0.563. The van der Waals surface area contributed by atoms with Crippen LogP contribution < -0.4 is 5.32 Å². The molecule has 2 N–H and O–H groups in total. The zero-order chi connectivity index (χ0) is 13.9. The molecule has 3 heteroatoms. The van der Waals surface area contributed by atoms with E-state index in [4.69, 9.17) is 9.83 Å². The molecule has 0 aliphatic heterocycles. The van der Waals surface area contributed by atoms with Crippen LogP contribution in [-0.2, 0) is 6.42 Å². The van der Waals surface area contributed by atoms with E-state index < -0.39 is 0 Å². The first-order valence-electron chi connectivity index (χ1n) is 6.59. The van der Waals surface area contributed by atoms with Crippen LogP contribution in [0.25, 0.3) is 11.0 Å². The molecule has 0 unspecified atom stereocenters. The van der Waals surface area contributed by atoms with Crippen molar-refractivity contribution < 1.29 is 4.42 Å². The lowest BCUT2D eigenvalue weighted by Crippen LogP contribution is -2.04. The maximum atomic E-state index is 7.46. The van der Waals surface area contributed by atoms with Crippen molar-refractivity contribution >= 4 is 22.5 Å². The minimum Gasteiger partial charge on any atom is -0.461 e. The van der Waals surface area contributed by atoms with Gasteiger partial charge in [0.15, 0.2) is 0 Å². The first-order chi connectivity index (χ1) is 9.70. The molecule has 0 saturated carbocycles. The maximum absolute atomic E-state index is 7.46. The van der Waals surface area contributed by atoms with Gasteiger partial charge in [0.2, 0.25) is 0 Å². The van der Waals surface area contributed by atoms with Crippen LogP contribution >= 0.6 is 0 Å². The maximum Gasteiger partial charge on any atom is 0.134 e. The van der Waals surface area contributed by atoms with E-state index >= 15 is 0 Å². The third kappa shape index (κ3) is 2.72. The molecular weight excluding hydrogens is 248 g/mol. The molecule has 3 nitrogen and oxygen atoms in total. The Balaban J connectivity index is 1.88. The van der Waals surface area contributed by atoms with Crippen molar-refractivity contribution in [2.45, 2.75) is 13.3 Å². The molecule has 0 aliphatic carbocycles. The molecule has 1 heterocycles. The van der Waals surface area contributed by atoms with Crippen LogP contribution in [0.2, 0.25) is 0 Å². The Labute approximate surface area is 117 Å². The number of nitrogens with one attached hydrogen (secondary N) is 2. The Morgan fingerprint density at radius 1 is 1.10 bits per heavy atom. The molecule has 3 aromatic rings. The van der Waals surface area contributed by atoms with E-state index in [0.29, 0.717) is 5.84 Å². The summed E-state index contributed by atoms with van der Waals surface area (Å²) < 4.78 is 5.85. The summed E-state index contributed by atoms with van der Waals surface area (Å²) in [6.45, 7) is 1.72. The van der Waals surface area contributed by atoms with Gasteiger partial charge in [0.25, 0.3) is 0 Å². The molecule has 2 aromatic carbocycles. The molecular formula is C17H16N2O. The molecule has 0 bridgehead atoms. The zero-order valence-electron chi connectivity index (χ0n) is 11.3. The summed E-state index contributed by atoms with van der Waals surface area (Å²) in [5.74, 6) is 1.38. The highest BCUT2D eigenvalue weighted by Crippen LogP contribution is 2.24. The second-order valence-corrected chi connectivity index (χ2v) is 4.88. The minimum absolute atomic E-state index is 0.428. The lowest BCUT2D eigenvalue weighted by Gasteiger charge is -2.02. The van der Waals surface area contributed by atoms with Crippen LogP contribution in [0, 0.1) is 5.41 Å². The second-order valence-electron chi connectivity index (χ2n) is 4.88. The molecule has 0 fully saturated rings. The quantitative estimate of drug-likeness (QED) is 0.543. The first-order valence-corrected chi connectivity index (χ1v) is 6.59. The van der Waals surface area contributed by atoms with Gasteiger partial charge in [0, 0.05) is 17.5 Å². The van der Waals surface area contributed by atoms with Crippen molar-refractivity contribution in [3.63, 3.8) is 0 Å². The Hall–Kier alpha value is -2.55. The van der Waals surface area contributed by atoms with E-state index in [2.05, 4.69) is 23.5 Å². The third-order valence-electron chi connectivity index (χ3n) is 3.12. The summed E-state index contributed by atoms with van der Waals surface area (Å²) in [5, 5.41) is 11.5. The molecule has 0 saturated heterocycles. The van der Waals surface area contributed by atoms with Gasteiger partial charge < -0.3 is 9.73 Å². The van der Waals surface area contributed by atoms with E-state index in [-0.39, 0.29) is 0 Å². The molecule has 0 aliphatic rings. The molecule has 1 aromatic heterocycles. The van der Waals surface area contributed by atoms with E-state index in [1.165, 1.54) is 5.56 Å². The Bertz CT molecular complexity index is 744. The van der Waals surface area contributed by atoms with Crippen molar-refractivity contribution in [1.29, 1.82) is 5.41 Å². The van der Waals surface area contributed by atoms with Gasteiger partial charge in [0.05, 0.1) is 5.84 Å². The number of fused-ring (bicyclic) bond motifs is 1. The molecule has 0 atom stereocenters. The summed E-state index contributed by atoms with van der Waals surface area (Å²) >= 11 is 0. The largest absolute Gasteiger partial charge is 0.461 e. The molecule has 20 heavy (non-hydrogen) atoms. The van der Waals surface area contributed by atoms with Gasteiger partial charge in [0.1, 0.15) is 11.3 Å². The van der Waals surface area contributed by atoms with Crippen LogP contribution in [0.5, 0.6) is 0 Å². The van der Waals surface area contributed by atoms with Gasteiger partial charge in [-0.3, -0.25) is 5.41 Å². The summed E-state index contributed by atoms with van der Waals surface area (Å²) in [4.78, 5) is 0. The highest BCUT2D eigenvalue weighted by Gasteiger charge is 2.05. The van der Waals surface area contributed by atoms with Crippen LogP contribution in [0.4, 0.5) is 5.69 Å². The molecule has 100 valence electrons. The van der Waals surface area contributed by atoms with Crippen molar-refractivity contribution in [3.05, 3.63) is 65.9 Å². The smallest absolute Gasteiger partial charge is 0.134 e. The van der Waals surface area contributed by atoms with Gasteiger partial charge >= 0.3 is 0 Å². The summed E-state index contributed by atoms with van der Waals surface area (Å²) in [5.41, 5.74) is 3.03. The van der Waals surface area contributed by atoms with Crippen molar-refractivity contribution in [2.75, 3.05) is 5.32 Å². The number of amidine groups is 1. The molecule has 0 radical (unpaired) electrons. The monoisotopic (exact) mass is 264 g/mol. The van der Waals surface area contributed by atoms with Crippen molar-refractivity contribution in [2.24, 2.45) is 0 Å². The zero-order valence-corrected chi connectivity index (χ0v) is 11.3. The number of hydrogen-bond acceptors (Lipinski definition) is 2. The van der Waals surface area contributed by atoms with E-state index in [1.54, 1.807) is 6.92 Å². The summed E-state index contributed by atoms with van der Waals surface area (Å²) in [6.07, 6.45) is 0.794. The van der Waals surface area contributed by atoms with Crippen LogP contribution in [-0.4, -0.2) is 5.84 Å².